The number of hydrogen-bond donors (Lipinski definition) is 0. The van der Waals surface area contributed by atoms with Crippen molar-refractivity contribution >= 4 is 11.9 Å². The molecule has 0 N–H and O–H groups in total. The summed E-state index contributed by atoms with van der Waals surface area (Å²) in [4.78, 5) is 23.4. The van der Waals surface area contributed by atoms with E-state index in [0.717, 1.165) is 12.8 Å². The van der Waals surface area contributed by atoms with Crippen molar-refractivity contribution in [2.45, 2.75) is 32.0 Å². The first kappa shape index (κ1) is 11.5. The predicted octanol–water partition coefficient (Wildman–Crippen LogP) is 1.61. The van der Waals surface area contributed by atoms with Crippen LogP contribution in [-0.2, 0) is 19.1 Å². The number of carbonyl (C=O) groups is 2. The summed E-state index contributed by atoms with van der Waals surface area (Å²) in [7, 11) is 0. The minimum Gasteiger partial charge on any atom is -0.458 e. The van der Waals surface area contributed by atoms with E-state index in [-0.39, 0.29) is 35.9 Å². The quantitative estimate of drug-likeness (QED) is 0.432. The van der Waals surface area contributed by atoms with E-state index >= 15 is 0 Å². The molecule has 3 aliphatic rings. The standard InChI is InChI=1S/C14H16O4/c1-6(2)7(3)13(15)17-11-8-4-9-10(5-8)14(16)18-12(9)11/h8-12H,1,3-5H2,2H3. The lowest BCUT2D eigenvalue weighted by Gasteiger charge is -2.25. The molecule has 4 nitrogen and oxygen atoms in total. The first-order valence-corrected chi connectivity index (χ1v) is 6.25. The zero-order valence-corrected chi connectivity index (χ0v) is 10.3. The Labute approximate surface area is 106 Å². The van der Waals surface area contributed by atoms with Gasteiger partial charge in [-0.1, -0.05) is 13.2 Å². The average molecular weight is 248 g/mol. The van der Waals surface area contributed by atoms with E-state index in [4.69, 9.17) is 9.47 Å². The molecule has 1 heterocycles. The lowest BCUT2D eigenvalue weighted by molar-refractivity contribution is -0.158. The van der Waals surface area contributed by atoms with E-state index in [1.54, 1.807) is 6.92 Å². The van der Waals surface area contributed by atoms with Crippen molar-refractivity contribution in [3.05, 3.63) is 24.3 Å². The van der Waals surface area contributed by atoms with Gasteiger partial charge in [-0.3, -0.25) is 4.79 Å². The van der Waals surface area contributed by atoms with E-state index in [2.05, 4.69) is 13.2 Å². The van der Waals surface area contributed by atoms with Crippen LogP contribution in [0.3, 0.4) is 0 Å². The van der Waals surface area contributed by atoms with Gasteiger partial charge in [0.2, 0.25) is 0 Å². The molecule has 5 unspecified atom stereocenters. The van der Waals surface area contributed by atoms with Crippen molar-refractivity contribution in [2.24, 2.45) is 17.8 Å². The topological polar surface area (TPSA) is 52.6 Å². The van der Waals surface area contributed by atoms with Crippen LogP contribution in [0, 0.1) is 17.8 Å². The zero-order chi connectivity index (χ0) is 13.0. The monoisotopic (exact) mass is 248 g/mol. The highest BCUT2D eigenvalue weighted by Crippen LogP contribution is 2.55. The molecule has 2 saturated carbocycles. The Hall–Kier alpha value is -1.58. The van der Waals surface area contributed by atoms with E-state index < -0.39 is 5.97 Å². The molecule has 1 saturated heterocycles. The first-order valence-electron chi connectivity index (χ1n) is 6.25. The zero-order valence-electron chi connectivity index (χ0n) is 10.3. The van der Waals surface area contributed by atoms with Crippen LogP contribution in [0.1, 0.15) is 19.8 Å². The minimum absolute atomic E-state index is 0.0410. The Balaban J connectivity index is 1.72. The van der Waals surface area contributed by atoms with Gasteiger partial charge in [0.1, 0.15) is 12.2 Å². The molecule has 0 spiro atoms. The third-order valence-corrected chi connectivity index (χ3v) is 4.42. The van der Waals surface area contributed by atoms with Crippen molar-refractivity contribution < 1.29 is 19.1 Å². The summed E-state index contributed by atoms with van der Waals surface area (Å²) in [6, 6.07) is 0. The maximum absolute atomic E-state index is 11.9. The van der Waals surface area contributed by atoms with Gasteiger partial charge in [0.15, 0.2) is 0 Å². The van der Waals surface area contributed by atoms with Gasteiger partial charge >= 0.3 is 11.9 Å². The van der Waals surface area contributed by atoms with Crippen LogP contribution >= 0.6 is 0 Å². The molecule has 3 rings (SSSR count). The number of rotatable bonds is 3. The summed E-state index contributed by atoms with van der Waals surface area (Å²) in [6.07, 6.45) is 1.19. The Morgan fingerprint density at radius 3 is 2.78 bits per heavy atom. The van der Waals surface area contributed by atoms with E-state index in [1.165, 1.54) is 0 Å². The van der Waals surface area contributed by atoms with Gasteiger partial charge in [-0.2, -0.15) is 0 Å². The van der Waals surface area contributed by atoms with Gasteiger partial charge in [-0.15, -0.1) is 0 Å². The Morgan fingerprint density at radius 1 is 1.39 bits per heavy atom. The van der Waals surface area contributed by atoms with Gasteiger partial charge < -0.3 is 9.47 Å². The molecule has 2 aliphatic carbocycles. The molecule has 2 bridgehead atoms. The second-order valence-electron chi connectivity index (χ2n) is 5.53. The van der Waals surface area contributed by atoms with Crippen LogP contribution in [0.2, 0.25) is 0 Å². The van der Waals surface area contributed by atoms with Crippen LogP contribution in [0.5, 0.6) is 0 Å². The van der Waals surface area contributed by atoms with E-state index in [0.29, 0.717) is 11.1 Å². The fourth-order valence-electron chi connectivity index (χ4n) is 3.43. The molecule has 1 aliphatic heterocycles. The highest BCUT2D eigenvalue weighted by Gasteiger charge is 2.63. The molecule has 18 heavy (non-hydrogen) atoms. The van der Waals surface area contributed by atoms with Crippen molar-refractivity contribution in [1.82, 2.24) is 0 Å². The van der Waals surface area contributed by atoms with Crippen LogP contribution in [0.15, 0.2) is 24.3 Å². The molecular formula is C14H16O4. The van der Waals surface area contributed by atoms with Crippen molar-refractivity contribution in [2.75, 3.05) is 0 Å². The van der Waals surface area contributed by atoms with Crippen LogP contribution < -0.4 is 0 Å². The molecule has 0 aromatic carbocycles. The average Bonchev–Trinajstić information content (AvgIpc) is 2.92. The fraction of sp³-hybridized carbons (Fsp3) is 0.571. The second kappa shape index (κ2) is 3.70. The number of fused-ring (bicyclic) bond motifs is 1. The Kier molecular flexibility index (Phi) is 2.37. The lowest BCUT2D eigenvalue weighted by atomic mass is 9.88. The Morgan fingerprint density at radius 2 is 2.11 bits per heavy atom. The predicted molar refractivity (Wildman–Crippen MR) is 63.4 cm³/mol. The van der Waals surface area contributed by atoms with Gasteiger partial charge in [-0.25, -0.2) is 4.79 Å². The molecule has 0 aromatic rings. The van der Waals surface area contributed by atoms with Gasteiger partial charge in [0.25, 0.3) is 0 Å². The van der Waals surface area contributed by atoms with Crippen LogP contribution in [-0.4, -0.2) is 24.1 Å². The number of esters is 2. The number of ether oxygens (including phenoxy) is 2. The van der Waals surface area contributed by atoms with Crippen LogP contribution in [0.4, 0.5) is 0 Å². The largest absolute Gasteiger partial charge is 0.458 e. The van der Waals surface area contributed by atoms with Crippen molar-refractivity contribution in [1.29, 1.82) is 0 Å². The maximum atomic E-state index is 11.9. The normalized spacial score (nSPS) is 39.6. The maximum Gasteiger partial charge on any atom is 0.338 e. The molecule has 4 heteroatoms. The first-order chi connectivity index (χ1) is 8.49. The third kappa shape index (κ3) is 1.44. The number of hydrogen-bond acceptors (Lipinski definition) is 4. The van der Waals surface area contributed by atoms with Gasteiger partial charge in [-0.05, 0) is 25.3 Å². The number of carbonyl (C=O) groups excluding carboxylic acids is 2. The summed E-state index contributed by atoms with van der Waals surface area (Å²) in [6.45, 7) is 9.04. The summed E-state index contributed by atoms with van der Waals surface area (Å²) in [5.74, 6) is -0.0136. The van der Waals surface area contributed by atoms with Crippen molar-refractivity contribution in [3.8, 4) is 0 Å². The molecule has 0 radical (unpaired) electrons. The molecule has 5 atom stereocenters. The molecule has 0 amide bonds. The SMILES string of the molecule is C=C(C)C(=C)C(=O)OC1C2CC3C(=O)OC1C3C2. The molecule has 3 fully saturated rings. The van der Waals surface area contributed by atoms with Crippen LogP contribution in [0.25, 0.3) is 0 Å². The second-order valence-corrected chi connectivity index (χ2v) is 5.53. The highest BCUT2D eigenvalue weighted by molar-refractivity contribution is 5.92. The van der Waals surface area contributed by atoms with Gasteiger partial charge in [0.05, 0.1) is 11.5 Å². The highest BCUT2D eigenvalue weighted by atomic mass is 16.6. The fourth-order valence-corrected chi connectivity index (χ4v) is 3.43. The molecule has 96 valence electrons. The smallest absolute Gasteiger partial charge is 0.338 e. The van der Waals surface area contributed by atoms with Gasteiger partial charge in [0, 0.05) is 11.8 Å². The third-order valence-electron chi connectivity index (χ3n) is 4.42. The van der Waals surface area contributed by atoms with E-state index in [9.17, 15) is 9.59 Å². The summed E-state index contributed by atoms with van der Waals surface area (Å²) >= 11 is 0. The van der Waals surface area contributed by atoms with E-state index in [1.807, 2.05) is 0 Å². The summed E-state index contributed by atoms with van der Waals surface area (Å²) in [5, 5.41) is 0. The summed E-state index contributed by atoms with van der Waals surface area (Å²) in [5.41, 5.74) is 0.892. The Bertz CT molecular complexity index is 464. The molecular weight excluding hydrogens is 232 g/mol. The molecule has 0 aromatic heterocycles. The van der Waals surface area contributed by atoms with Crippen molar-refractivity contribution in [3.63, 3.8) is 0 Å². The summed E-state index contributed by atoms with van der Waals surface area (Å²) < 4.78 is 10.8. The minimum atomic E-state index is -0.445. The lowest BCUT2D eigenvalue weighted by Crippen LogP contribution is -2.36.